The molecular formula is C14H15F2NS2. The number of benzene rings is 1. The van der Waals surface area contributed by atoms with E-state index in [1.807, 2.05) is 12.1 Å². The van der Waals surface area contributed by atoms with Crippen LogP contribution in [-0.2, 0) is 0 Å². The molecule has 0 saturated carbocycles. The Morgan fingerprint density at radius 3 is 2.32 bits per heavy atom. The largest absolute Gasteiger partial charge is 0.378 e. The zero-order valence-corrected chi connectivity index (χ0v) is 12.3. The minimum absolute atomic E-state index is 0.215. The number of aryl methyl sites for hydroxylation is 1. The summed E-state index contributed by atoms with van der Waals surface area (Å²) < 4.78 is 24.4. The number of nitrogens with one attached hydrogen (secondary N) is 1. The van der Waals surface area contributed by atoms with Crippen LogP contribution in [-0.4, -0.2) is 5.76 Å². The summed E-state index contributed by atoms with van der Waals surface area (Å²) in [6.45, 7) is 4.17. The second-order valence-electron chi connectivity index (χ2n) is 4.22. The van der Waals surface area contributed by atoms with Crippen molar-refractivity contribution >= 4 is 28.8 Å². The minimum Gasteiger partial charge on any atom is -0.378 e. The molecule has 0 radical (unpaired) electrons. The number of thiophene rings is 1. The fourth-order valence-corrected chi connectivity index (χ4v) is 3.12. The van der Waals surface area contributed by atoms with Crippen LogP contribution < -0.4 is 5.32 Å². The fraction of sp³-hybridized carbons (Fsp3) is 0.286. The molecule has 1 aromatic heterocycles. The Kier molecular flexibility index (Phi) is 4.82. The molecule has 5 heteroatoms. The van der Waals surface area contributed by atoms with E-state index in [9.17, 15) is 8.78 Å². The Balaban J connectivity index is 1.99. The van der Waals surface area contributed by atoms with E-state index < -0.39 is 5.76 Å². The van der Waals surface area contributed by atoms with Crippen LogP contribution in [0.4, 0.5) is 14.5 Å². The van der Waals surface area contributed by atoms with Crippen LogP contribution in [0.25, 0.3) is 0 Å². The quantitative estimate of drug-likeness (QED) is 0.727. The van der Waals surface area contributed by atoms with Crippen molar-refractivity contribution in [2.75, 3.05) is 5.32 Å². The molecule has 0 aliphatic heterocycles. The molecule has 0 fully saturated rings. The van der Waals surface area contributed by atoms with E-state index in [4.69, 9.17) is 0 Å². The molecule has 102 valence electrons. The summed E-state index contributed by atoms with van der Waals surface area (Å²) in [6.07, 6.45) is 0. The third kappa shape index (κ3) is 4.21. The lowest BCUT2D eigenvalue weighted by Gasteiger charge is -2.14. The van der Waals surface area contributed by atoms with Gasteiger partial charge in [0.05, 0.1) is 6.04 Å². The number of hydrogen-bond acceptors (Lipinski definition) is 3. The van der Waals surface area contributed by atoms with E-state index in [0.29, 0.717) is 16.7 Å². The zero-order chi connectivity index (χ0) is 13.8. The Morgan fingerprint density at radius 1 is 1.11 bits per heavy atom. The van der Waals surface area contributed by atoms with E-state index in [0.717, 1.165) is 5.69 Å². The van der Waals surface area contributed by atoms with Gasteiger partial charge in [-0.2, -0.15) is 8.78 Å². The van der Waals surface area contributed by atoms with Gasteiger partial charge in [-0.1, -0.05) is 11.8 Å². The number of hydrogen-bond donors (Lipinski definition) is 1. The molecule has 2 aromatic rings. The summed E-state index contributed by atoms with van der Waals surface area (Å²) in [5.74, 6) is -2.37. The first-order valence-corrected chi connectivity index (χ1v) is 7.62. The van der Waals surface area contributed by atoms with Crippen molar-refractivity contribution in [3.05, 3.63) is 46.2 Å². The maximum absolute atomic E-state index is 12.2. The van der Waals surface area contributed by atoms with Crippen molar-refractivity contribution < 1.29 is 8.78 Å². The van der Waals surface area contributed by atoms with Crippen LogP contribution in [0.2, 0.25) is 0 Å². The first kappa shape index (κ1) is 14.3. The van der Waals surface area contributed by atoms with Gasteiger partial charge in [-0.15, -0.1) is 11.3 Å². The second kappa shape index (κ2) is 6.39. The zero-order valence-electron chi connectivity index (χ0n) is 10.7. The molecule has 1 unspecified atom stereocenters. The minimum atomic E-state index is -2.37. The monoisotopic (exact) mass is 299 g/mol. The molecule has 1 atom stereocenters. The first-order chi connectivity index (χ1) is 9.04. The van der Waals surface area contributed by atoms with Crippen LogP contribution in [0, 0.1) is 6.92 Å². The smallest absolute Gasteiger partial charge is 0.288 e. The molecule has 2 rings (SSSR count). The SMILES string of the molecule is Cc1ccc(C(C)Nc2ccc(SC(F)F)cc2)s1. The van der Waals surface area contributed by atoms with E-state index in [2.05, 4.69) is 31.3 Å². The van der Waals surface area contributed by atoms with Crippen molar-refractivity contribution in [2.24, 2.45) is 0 Å². The van der Waals surface area contributed by atoms with Crippen LogP contribution >= 0.6 is 23.1 Å². The van der Waals surface area contributed by atoms with Gasteiger partial charge in [-0.3, -0.25) is 0 Å². The Morgan fingerprint density at radius 2 is 1.79 bits per heavy atom. The van der Waals surface area contributed by atoms with Crippen LogP contribution in [0.15, 0.2) is 41.3 Å². The van der Waals surface area contributed by atoms with Gasteiger partial charge in [0.25, 0.3) is 5.76 Å². The predicted molar refractivity (Wildman–Crippen MR) is 79.4 cm³/mol. The molecule has 0 aliphatic rings. The first-order valence-electron chi connectivity index (χ1n) is 5.92. The van der Waals surface area contributed by atoms with Crippen molar-refractivity contribution in [3.63, 3.8) is 0 Å². The Bertz CT molecular complexity index is 522. The van der Waals surface area contributed by atoms with Gasteiger partial charge >= 0.3 is 0 Å². The van der Waals surface area contributed by atoms with Gasteiger partial charge in [0.2, 0.25) is 0 Å². The van der Waals surface area contributed by atoms with Crippen LogP contribution in [0.5, 0.6) is 0 Å². The molecule has 0 spiro atoms. The van der Waals surface area contributed by atoms with Crippen molar-refractivity contribution in [3.8, 4) is 0 Å². The number of alkyl halides is 2. The topological polar surface area (TPSA) is 12.0 Å². The normalized spacial score (nSPS) is 12.7. The lowest BCUT2D eigenvalue weighted by molar-refractivity contribution is 0.252. The van der Waals surface area contributed by atoms with Crippen molar-refractivity contribution in [1.82, 2.24) is 0 Å². The molecule has 0 amide bonds. The third-order valence-corrected chi connectivity index (χ3v) is 4.56. The molecule has 1 N–H and O–H groups in total. The molecule has 1 nitrogen and oxygen atoms in total. The standard InChI is InChI=1S/C14H15F2NS2/c1-9-3-8-13(18-9)10(2)17-11-4-6-12(7-5-11)19-14(15)16/h3-8,10,14,17H,1-2H3. The third-order valence-electron chi connectivity index (χ3n) is 2.65. The molecule has 0 bridgehead atoms. The lowest BCUT2D eigenvalue weighted by atomic mass is 10.2. The lowest BCUT2D eigenvalue weighted by Crippen LogP contribution is -2.04. The summed E-state index contributed by atoms with van der Waals surface area (Å²) in [5, 5.41) is 3.37. The maximum Gasteiger partial charge on any atom is 0.288 e. The second-order valence-corrected chi connectivity index (χ2v) is 6.60. The Hall–Kier alpha value is -1.07. The van der Waals surface area contributed by atoms with Crippen LogP contribution in [0.1, 0.15) is 22.7 Å². The van der Waals surface area contributed by atoms with Crippen LogP contribution in [0.3, 0.4) is 0 Å². The maximum atomic E-state index is 12.2. The number of thioether (sulfide) groups is 1. The van der Waals surface area contributed by atoms with Gasteiger partial charge in [-0.05, 0) is 50.2 Å². The highest BCUT2D eigenvalue weighted by molar-refractivity contribution is 7.99. The molecule has 0 aliphatic carbocycles. The number of anilines is 1. The predicted octanol–water partition coefficient (Wildman–Crippen LogP) is 5.54. The van der Waals surface area contributed by atoms with E-state index in [1.165, 1.54) is 9.75 Å². The summed E-state index contributed by atoms with van der Waals surface area (Å²) in [4.78, 5) is 3.14. The van der Waals surface area contributed by atoms with Gasteiger partial charge in [0.1, 0.15) is 0 Å². The highest BCUT2D eigenvalue weighted by atomic mass is 32.2. The average molecular weight is 299 g/mol. The van der Waals surface area contributed by atoms with Gasteiger partial charge in [0.15, 0.2) is 0 Å². The highest BCUT2D eigenvalue weighted by Gasteiger charge is 2.08. The summed E-state index contributed by atoms with van der Waals surface area (Å²) in [6, 6.07) is 11.5. The molecule has 19 heavy (non-hydrogen) atoms. The summed E-state index contributed by atoms with van der Waals surface area (Å²) >= 11 is 2.33. The molecule has 1 heterocycles. The molecular weight excluding hydrogens is 284 g/mol. The average Bonchev–Trinajstić information content (AvgIpc) is 2.78. The van der Waals surface area contributed by atoms with E-state index >= 15 is 0 Å². The molecule has 1 aromatic carbocycles. The van der Waals surface area contributed by atoms with Gasteiger partial charge in [0, 0.05) is 20.3 Å². The fourth-order valence-electron chi connectivity index (χ4n) is 1.74. The number of rotatable bonds is 5. The Labute approximate surface area is 120 Å². The summed E-state index contributed by atoms with van der Waals surface area (Å²) in [5.41, 5.74) is 0.942. The van der Waals surface area contributed by atoms with Crippen molar-refractivity contribution in [2.45, 2.75) is 30.5 Å². The van der Waals surface area contributed by atoms with Gasteiger partial charge in [-0.25, -0.2) is 0 Å². The van der Waals surface area contributed by atoms with E-state index in [1.54, 1.807) is 23.5 Å². The van der Waals surface area contributed by atoms with Gasteiger partial charge < -0.3 is 5.32 Å². The highest BCUT2D eigenvalue weighted by Crippen LogP contribution is 2.29. The molecule has 0 saturated heterocycles. The van der Waals surface area contributed by atoms with E-state index in [-0.39, 0.29) is 6.04 Å². The number of halogens is 2. The van der Waals surface area contributed by atoms with Crippen molar-refractivity contribution in [1.29, 1.82) is 0 Å². The summed E-state index contributed by atoms with van der Waals surface area (Å²) in [7, 11) is 0.